The second-order valence-corrected chi connectivity index (χ2v) is 7.54. The van der Waals surface area contributed by atoms with Gasteiger partial charge in [0.1, 0.15) is 7.05 Å². The summed E-state index contributed by atoms with van der Waals surface area (Å²) in [4.78, 5) is 2.47. The summed E-state index contributed by atoms with van der Waals surface area (Å²) in [5.74, 6) is 0. The lowest BCUT2D eigenvalue weighted by molar-refractivity contribution is -0.671. The first-order chi connectivity index (χ1) is 12.6. The lowest BCUT2D eigenvalue weighted by atomic mass is 9.83. The summed E-state index contributed by atoms with van der Waals surface area (Å²) in [6.45, 7) is 5.53. The third-order valence-corrected chi connectivity index (χ3v) is 5.29. The van der Waals surface area contributed by atoms with Gasteiger partial charge in [0.05, 0.1) is 0 Å². The molecule has 1 aliphatic rings. The van der Waals surface area contributed by atoms with Gasteiger partial charge in [0.15, 0.2) is 12.4 Å². The Bertz CT molecular complexity index is 937. The first kappa shape index (κ1) is 16.6. The number of pyridine rings is 1. The zero-order valence-corrected chi connectivity index (χ0v) is 15.7. The van der Waals surface area contributed by atoms with Gasteiger partial charge in [0.2, 0.25) is 0 Å². The number of benzene rings is 2. The van der Waals surface area contributed by atoms with Crippen molar-refractivity contribution in [2.24, 2.45) is 7.05 Å². The van der Waals surface area contributed by atoms with Crippen molar-refractivity contribution in [3.05, 3.63) is 102 Å². The molecule has 4 rings (SSSR count). The summed E-state index contributed by atoms with van der Waals surface area (Å²) in [5.41, 5.74) is 6.58. The summed E-state index contributed by atoms with van der Waals surface area (Å²) < 4.78 is 2.07. The highest BCUT2D eigenvalue weighted by Crippen LogP contribution is 2.48. The van der Waals surface area contributed by atoms with Crippen molar-refractivity contribution in [1.29, 1.82) is 0 Å². The number of hydrogen-bond acceptors (Lipinski definition) is 1. The third-order valence-electron chi connectivity index (χ3n) is 5.29. The number of aromatic nitrogens is 1. The molecular weight excluding hydrogens is 316 g/mol. The molecule has 0 amide bonds. The fraction of sp³-hybridized carbons (Fsp3) is 0.208. The van der Waals surface area contributed by atoms with Gasteiger partial charge in [0, 0.05) is 35.5 Å². The Morgan fingerprint density at radius 2 is 1.54 bits per heavy atom. The molecule has 0 aliphatic carbocycles. The Kier molecular flexibility index (Phi) is 4.12. The van der Waals surface area contributed by atoms with E-state index in [0.717, 1.165) is 6.54 Å². The molecule has 0 bridgehead atoms. The second-order valence-electron chi connectivity index (χ2n) is 7.54. The molecular formula is C24H25N2+. The van der Waals surface area contributed by atoms with E-state index in [1.807, 2.05) is 7.05 Å². The van der Waals surface area contributed by atoms with Crippen LogP contribution in [0.1, 0.15) is 30.5 Å². The van der Waals surface area contributed by atoms with Crippen molar-refractivity contribution < 1.29 is 4.57 Å². The van der Waals surface area contributed by atoms with Crippen molar-refractivity contribution in [3.63, 3.8) is 0 Å². The highest BCUT2D eigenvalue weighted by molar-refractivity contribution is 5.75. The molecule has 130 valence electrons. The van der Waals surface area contributed by atoms with Gasteiger partial charge in [-0.1, -0.05) is 62.4 Å². The summed E-state index contributed by atoms with van der Waals surface area (Å²) in [7, 11) is 2.05. The van der Waals surface area contributed by atoms with E-state index < -0.39 is 0 Å². The minimum Gasteiger partial charge on any atom is -0.340 e. The number of allylic oxidation sites excluding steroid dienone is 1. The Hall–Kier alpha value is -2.87. The molecule has 0 atom stereocenters. The first-order valence-corrected chi connectivity index (χ1v) is 9.14. The molecule has 0 N–H and O–H groups in total. The Balaban J connectivity index is 1.82. The van der Waals surface area contributed by atoms with E-state index in [1.165, 1.54) is 28.1 Å². The fourth-order valence-corrected chi connectivity index (χ4v) is 3.80. The predicted octanol–water partition coefficient (Wildman–Crippen LogP) is 4.85. The Morgan fingerprint density at radius 3 is 2.27 bits per heavy atom. The third kappa shape index (κ3) is 2.92. The van der Waals surface area contributed by atoms with Crippen molar-refractivity contribution in [2.45, 2.75) is 25.8 Å². The maximum absolute atomic E-state index is 2.47. The van der Waals surface area contributed by atoms with Crippen LogP contribution in [0.25, 0.3) is 6.08 Å². The zero-order valence-electron chi connectivity index (χ0n) is 15.7. The Labute approximate surface area is 156 Å². The highest BCUT2D eigenvalue weighted by Gasteiger charge is 2.39. The second kappa shape index (κ2) is 6.45. The smallest absolute Gasteiger partial charge is 0.169 e. The van der Waals surface area contributed by atoms with Gasteiger partial charge >= 0.3 is 0 Å². The molecule has 0 saturated carbocycles. The minimum atomic E-state index is -0.0244. The summed E-state index contributed by atoms with van der Waals surface area (Å²) in [6, 6.07) is 23.8. The maximum Gasteiger partial charge on any atom is 0.169 e. The van der Waals surface area contributed by atoms with Crippen LogP contribution in [0.15, 0.2) is 84.8 Å². The number of hydrogen-bond donors (Lipinski definition) is 0. The van der Waals surface area contributed by atoms with Crippen LogP contribution in [0, 0.1) is 0 Å². The van der Waals surface area contributed by atoms with E-state index in [1.54, 1.807) is 0 Å². The predicted molar refractivity (Wildman–Crippen MR) is 108 cm³/mol. The lowest BCUT2D eigenvalue weighted by Gasteiger charge is -2.27. The van der Waals surface area contributed by atoms with Crippen LogP contribution in [-0.4, -0.2) is 0 Å². The molecule has 0 fully saturated rings. The number of aryl methyl sites for hydroxylation is 1. The summed E-state index contributed by atoms with van der Waals surface area (Å²) in [6.07, 6.45) is 6.54. The molecule has 0 unspecified atom stereocenters. The average molecular weight is 341 g/mol. The van der Waals surface area contributed by atoms with E-state index in [4.69, 9.17) is 0 Å². The average Bonchev–Trinajstić information content (AvgIpc) is 2.86. The van der Waals surface area contributed by atoms with E-state index in [-0.39, 0.29) is 5.41 Å². The molecule has 0 spiro atoms. The van der Waals surface area contributed by atoms with Crippen LogP contribution >= 0.6 is 0 Å². The largest absolute Gasteiger partial charge is 0.340 e. The van der Waals surface area contributed by atoms with Crippen LogP contribution in [0.3, 0.4) is 0 Å². The van der Waals surface area contributed by atoms with Crippen molar-refractivity contribution >= 4 is 11.8 Å². The fourth-order valence-electron chi connectivity index (χ4n) is 3.80. The molecule has 2 aromatic carbocycles. The zero-order chi connectivity index (χ0) is 18.1. The molecule has 1 aliphatic heterocycles. The number of rotatable bonds is 3. The molecule has 0 radical (unpaired) electrons. The highest BCUT2D eigenvalue weighted by atomic mass is 15.2. The van der Waals surface area contributed by atoms with E-state index in [0.29, 0.717) is 0 Å². The van der Waals surface area contributed by atoms with Crippen LogP contribution in [0.2, 0.25) is 0 Å². The summed E-state index contributed by atoms with van der Waals surface area (Å²) in [5, 5.41) is 0. The number of nitrogens with zero attached hydrogens (tertiary/aromatic N) is 2. The lowest BCUT2D eigenvalue weighted by Crippen LogP contribution is -2.27. The maximum atomic E-state index is 2.47. The van der Waals surface area contributed by atoms with Crippen LogP contribution in [-0.2, 0) is 19.0 Å². The van der Waals surface area contributed by atoms with Gasteiger partial charge in [-0.25, -0.2) is 4.57 Å². The van der Waals surface area contributed by atoms with Gasteiger partial charge in [-0.2, -0.15) is 0 Å². The van der Waals surface area contributed by atoms with E-state index in [2.05, 4.69) is 109 Å². The molecule has 3 aromatic rings. The Morgan fingerprint density at radius 1 is 0.885 bits per heavy atom. The molecule has 1 aromatic heterocycles. The van der Waals surface area contributed by atoms with Gasteiger partial charge in [-0.3, -0.25) is 0 Å². The molecule has 2 heterocycles. The number of fused-ring (bicyclic) bond motifs is 1. The van der Waals surface area contributed by atoms with Crippen molar-refractivity contribution in [3.8, 4) is 0 Å². The van der Waals surface area contributed by atoms with Crippen LogP contribution in [0.4, 0.5) is 5.69 Å². The number of para-hydroxylation sites is 1. The van der Waals surface area contributed by atoms with E-state index >= 15 is 0 Å². The molecule has 0 saturated heterocycles. The SMILES string of the molecule is C[n+]1ccc(/C=C2/N(Cc3ccccc3)c3ccccc3C2(C)C)cc1. The van der Waals surface area contributed by atoms with Crippen LogP contribution < -0.4 is 9.47 Å². The normalized spacial score (nSPS) is 16.7. The van der Waals surface area contributed by atoms with Gasteiger partial charge in [0.25, 0.3) is 0 Å². The minimum absolute atomic E-state index is 0.0244. The number of anilines is 1. The van der Waals surface area contributed by atoms with Crippen molar-refractivity contribution in [2.75, 3.05) is 4.90 Å². The quantitative estimate of drug-likeness (QED) is 0.618. The van der Waals surface area contributed by atoms with Crippen LogP contribution in [0.5, 0.6) is 0 Å². The summed E-state index contributed by atoms with van der Waals surface area (Å²) >= 11 is 0. The molecule has 2 nitrogen and oxygen atoms in total. The van der Waals surface area contributed by atoms with Gasteiger partial charge in [-0.05, 0) is 28.8 Å². The van der Waals surface area contributed by atoms with Gasteiger partial charge in [-0.15, -0.1) is 0 Å². The van der Waals surface area contributed by atoms with Crippen molar-refractivity contribution in [1.82, 2.24) is 0 Å². The topological polar surface area (TPSA) is 7.12 Å². The first-order valence-electron chi connectivity index (χ1n) is 9.14. The van der Waals surface area contributed by atoms with Gasteiger partial charge < -0.3 is 4.90 Å². The monoisotopic (exact) mass is 341 g/mol. The standard InChI is InChI=1S/C24H25N2/c1-24(2)21-11-7-8-12-22(21)26(18-20-9-5-4-6-10-20)23(24)17-19-13-15-25(3)16-14-19/h4-17H,18H2,1-3H3/q+1. The van der Waals surface area contributed by atoms with E-state index in [9.17, 15) is 0 Å². The molecule has 26 heavy (non-hydrogen) atoms. The molecule has 2 heteroatoms.